The molecule has 2 fully saturated rings. The maximum Gasteiger partial charge on any atom is 0.160 e. The molecular formula is C18H26N4O. The number of hydrogen-bond acceptors (Lipinski definition) is 4. The minimum absolute atomic E-state index is 0.134. The summed E-state index contributed by atoms with van der Waals surface area (Å²) in [5.41, 5.74) is 2.01. The first-order valence-corrected chi connectivity index (χ1v) is 9.03. The summed E-state index contributed by atoms with van der Waals surface area (Å²) in [6.45, 7) is 6.44. The van der Waals surface area contributed by atoms with Crippen molar-refractivity contribution in [2.75, 3.05) is 19.7 Å². The molecule has 2 aromatic heterocycles. The van der Waals surface area contributed by atoms with E-state index in [2.05, 4.69) is 27.4 Å². The minimum atomic E-state index is 0.134. The Balaban J connectivity index is 1.70. The molecule has 2 atom stereocenters. The van der Waals surface area contributed by atoms with Gasteiger partial charge >= 0.3 is 0 Å². The zero-order chi connectivity index (χ0) is 15.6. The molecule has 2 aromatic rings. The van der Waals surface area contributed by atoms with E-state index in [1.165, 1.54) is 32.2 Å². The Kier molecular flexibility index (Phi) is 4.31. The second kappa shape index (κ2) is 6.57. The van der Waals surface area contributed by atoms with Crippen molar-refractivity contribution in [3.63, 3.8) is 0 Å². The van der Waals surface area contributed by atoms with Gasteiger partial charge in [0.05, 0.1) is 0 Å². The Morgan fingerprint density at radius 2 is 2.22 bits per heavy atom. The molecule has 2 unspecified atom stereocenters. The largest absolute Gasteiger partial charge is 0.370 e. The van der Waals surface area contributed by atoms with E-state index in [-0.39, 0.29) is 6.10 Å². The molecule has 4 heterocycles. The van der Waals surface area contributed by atoms with E-state index in [1.807, 2.05) is 12.3 Å². The fourth-order valence-corrected chi connectivity index (χ4v) is 4.08. The van der Waals surface area contributed by atoms with E-state index in [0.29, 0.717) is 6.04 Å². The number of aromatic nitrogens is 3. The smallest absolute Gasteiger partial charge is 0.160 e. The van der Waals surface area contributed by atoms with Crippen LogP contribution in [0.25, 0.3) is 11.2 Å². The van der Waals surface area contributed by atoms with Crippen LogP contribution in [0.5, 0.6) is 0 Å². The van der Waals surface area contributed by atoms with Crippen LogP contribution in [0.15, 0.2) is 18.3 Å². The summed E-state index contributed by atoms with van der Waals surface area (Å²) >= 11 is 0. The molecule has 4 rings (SSSR count). The Labute approximate surface area is 137 Å². The third-order valence-electron chi connectivity index (χ3n) is 5.30. The van der Waals surface area contributed by atoms with Crippen LogP contribution in [0.1, 0.15) is 51.0 Å². The molecular weight excluding hydrogens is 288 g/mol. The van der Waals surface area contributed by atoms with Crippen LogP contribution in [0.4, 0.5) is 0 Å². The van der Waals surface area contributed by atoms with Gasteiger partial charge in [0.15, 0.2) is 5.65 Å². The van der Waals surface area contributed by atoms with Crippen LogP contribution in [0.3, 0.4) is 0 Å². The number of pyridine rings is 1. The summed E-state index contributed by atoms with van der Waals surface area (Å²) in [7, 11) is 0. The number of likely N-dealkylation sites (tertiary alicyclic amines) is 1. The van der Waals surface area contributed by atoms with Gasteiger partial charge in [-0.1, -0.05) is 6.92 Å². The van der Waals surface area contributed by atoms with Gasteiger partial charge in [0.25, 0.3) is 0 Å². The van der Waals surface area contributed by atoms with Crippen molar-refractivity contribution < 1.29 is 4.74 Å². The summed E-state index contributed by atoms with van der Waals surface area (Å²) in [5, 5.41) is 0. The van der Waals surface area contributed by atoms with Crippen LogP contribution in [0.2, 0.25) is 0 Å². The van der Waals surface area contributed by atoms with E-state index in [4.69, 9.17) is 9.72 Å². The number of ether oxygens (including phenoxy) is 1. The quantitative estimate of drug-likeness (QED) is 0.869. The third kappa shape index (κ3) is 2.88. The van der Waals surface area contributed by atoms with Gasteiger partial charge in [-0.3, -0.25) is 4.90 Å². The van der Waals surface area contributed by atoms with Gasteiger partial charge in [0, 0.05) is 25.4 Å². The molecule has 2 saturated heterocycles. The molecule has 0 spiro atoms. The highest BCUT2D eigenvalue weighted by Crippen LogP contribution is 2.30. The molecule has 23 heavy (non-hydrogen) atoms. The van der Waals surface area contributed by atoms with Crippen molar-refractivity contribution in [3.05, 3.63) is 24.2 Å². The number of nitrogens with zero attached hydrogens (tertiary/aromatic N) is 4. The van der Waals surface area contributed by atoms with Crippen molar-refractivity contribution in [2.45, 2.75) is 57.7 Å². The van der Waals surface area contributed by atoms with E-state index < -0.39 is 0 Å². The minimum Gasteiger partial charge on any atom is -0.370 e. The van der Waals surface area contributed by atoms with Gasteiger partial charge in [-0.25, -0.2) is 9.97 Å². The van der Waals surface area contributed by atoms with Crippen LogP contribution in [-0.2, 0) is 11.3 Å². The van der Waals surface area contributed by atoms with Crippen molar-refractivity contribution in [1.82, 2.24) is 19.4 Å². The normalized spacial score (nSPS) is 26.1. The number of imidazole rings is 1. The average Bonchev–Trinajstić information content (AvgIpc) is 3.21. The summed E-state index contributed by atoms with van der Waals surface area (Å²) in [6, 6.07) is 4.64. The highest BCUT2D eigenvalue weighted by molar-refractivity contribution is 5.71. The standard InChI is InChI=1S/C18H26N4O/c1-2-21-11-6-7-14(21)13-22-17-15(8-5-10-19-17)20-18(22)16-9-3-4-12-23-16/h5,8,10,14,16H,2-4,6-7,9,11-13H2,1H3. The predicted molar refractivity (Wildman–Crippen MR) is 90.3 cm³/mol. The van der Waals surface area contributed by atoms with E-state index in [9.17, 15) is 0 Å². The number of rotatable bonds is 4. The Morgan fingerprint density at radius 1 is 1.26 bits per heavy atom. The van der Waals surface area contributed by atoms with Crippen LogP contribution in [-0.4, -0.2) is 45.2 Å². The summed E-state index contributed by atoms with van der Waals surface area (Å²) < 4.78 is 8.36. The lowest BCUT2D eigenvalue weighted by Gasteiger charge is -2.27. The Bertz CT molecular complexity index is 662. The summed E-state index contributed by atoms with van der Waals surface area (Å²) in [5.74, 6) is 1.08. The van der Waals surface area contributed by atoms with Crippen LogP contribution in [0, 0.1) is 0 Å². The topological polar surface area (TPSA) is 43.2 Å². The second-order valence-electron chi connectivity index (χ2n) is 6.71. The van der Waals surface area contributed by atoms with Gasteiger partial charge in [-0.05, 0) is 57.3 Å². The first-order valence-electron chi connectivity index (χ1n) is 9.03. The highest BCUT2D eigenvalue weighted by Gasteiger charge is 2.28. The SMILES string of the molecule is CCN1CCCC1Cn1c(C2CCCCO2)nc2cccnc21. The van der Waals surface area contributed by atoms with Crippen molar-refractivity contribution >= 4 is 11.2 Å². The van der Waals surface area contributed by atoms with Crippen molar-refractivity contribution in [3.8, 4) is 0 Å². The highest BCUT2D eigenvalue weighted by atomic mass is 16.5. The molecule has 0 amide bonds. The van der Waals surface area contributed by atoms with Gasteiger partial charge in [-0.15, -0.1) is 0 Å². The molecule has 0 bridgehead atoms. The molecule has 5 nitrogen and oxygen atoms in total. The van der Waals surface area contributed by atoms with Crippen LogP contribution < -0.4 is 0 Å². The number of fused-ring (bicyclic) bond motifs is 1. The lowest BCUT2D eigenvalue weighted by Crippen LogP contribution is -2.33. The summed E-state index contributed by atoms with van der Waals surface area (Å²) in [4.78, 5) is 12.1. The van der Waals surface area contributed by atoms with Gasteiger partial charge in [-0.2, -0.15) is 0 Å². The molecule has 0 saturated carbocycles. The third-order valence-corrected chi connectivity index (χ3v) is 5.30. The molecule has 0 aromatic carbocycles. The van der Waals surface area contributed by atoms with Gasteiger partial charge in [0.2, 0.25) is 0 Å². The van der Waals surface area contributed by atoms with Crippen LogP contribution >= 0.6 is 0 Å². The lowest BCUT2D eigenvalue weighted by molar-refractivity contribution is 0.00705. The zero-order valence-corrected chi connectivity index (χ0v) is 13.9. The van der Waals surface area contributed by atoms with E-state index in [1.54, 1.807) is 0 Å². The fourth-order valence-electron chi connectivity index (χ4n) is 4.08. The molecule has 0 aliphatic carbocycles. The first kappa shape index (κ1) is 15.1. The molecule has 2 aliphatic rings. The number of likely N-dealkylation sites (N-methyl/N-ethyl adjacent to an activating group) is 1. The van der Waals surface area contributed by atoms with Gasteiger partial charge in [0.1, 0.15) is 17.4 Å². The molecule has 124 valence electrons. The maximum atomic E-state index is 6.03. The number of hydrogen-bond donors (Lipinski definition) is 0. The molecule has 0 radical (unpaired) electrons. The fraction of sp³-hybridized carbons (Fsp3) is 0.667. The maximum absolute atomic E-state index is 6.03. The molecule has 5 heteroatoms. The molecule has 2 aliphatic heterocycles. The Morgan fingerprint density at radius 3 is 3.04 bits per heavy atom. The van der Waals surface area contributed by atoms with E-state index >= 15 is 0 Å². The first-order chi connectivity index (χ1) is 11.4. The monoisotopic (exact) mass is 314 g/mol. The summed E-state index contributed by atoms with van der Waals surface area (Å²) in [6.07, 6.45) is 8.05. The molecule has 0 N–H and O–H groups in total. The zero-order valence-electron chi connectivity index (χ0n) is 13.9. The Hall–Kier alpha value is -1.46. The van der Waals surface area contributed by atoms with Crippen molar-refractivity contribution in [1.29, 1.82) is 0 Å². The average molecular weight is 314 g/mol. The predicted octanol–water partition coefficient (Wildman–Crippen LogP) is 3.16. The van der Waals surface area contributed by atoms with Crippen molar-refractivity contribution in [2.24, 2.45) is 0 Å². The van der Waals surface area contributed by atoms with Gasteiger partial charge < -0.3 is 9.30 Å². The van der Waals surface area contributed by atoms with E-state index in [0.717, 1.165) is 43.1 Å². The second-order valence-corrected chi connectivity index (χ2v) is 6.71. The lowest BCUT2D eigenvalue weighted by atomic mass is 10.1.